The van der Waals surface area contributed by atoms with E-state index in [9.17, 15) is 4.79 Å². The lowest BCUT2D eigenvalue weighted by atomic mass is 10.0. The molecule has 1 aromatic carbocycles. The Labute approximate surface area is 127 Å². The molecule has 0 amide bonds. The van der Waals surface area contributed by atoms with Crippen molar-refractivity contribution in [3.63, 3.8) is 0 Å². The van der Waals surface area contributed by atoms with Gasteiger partial charge in [0.05, 0.1) is 0 Å². The molecular formula is C17H26N2O2. The first kappa shape index (κ1) is 16.0. The van der Waals surface area contributed by atoms with Crippen molar-refractivity contribution in [2.45, 2.75) is 38.3 Å². The molecule has 116 valence electrons. The van der Waals surface area contributed by atoms with Crippen molar-refractivity contribution >= 4 is 5.97 Å². The van der Waals surface area contributed by atoms with Gasteiger partial charge in [0.15, 0.2) is 0 Å². The van der Waals surface area contributed by atoms with Gasteiger partial charge >= 0.3 is 5.97 Å². The molecule has 4 heteroatoms. The Balaban J connectivity index is 1.69. The Hall–Kier alpha value is -1.39. The molecule has 1 saturated heterocycles. The Kier molecular flexibility index (Phi) is 6.21. The van der Waals surface area contributed by atoms with E-state index in [0.29, 0.717) is 6.04 Å². The maximum Gasteiger partial charge on any atom is 0.303 e. The van der Waals surface area contributed by atoms with E-state index in [4.69, 9.17) is 5.11 Å². The SMILES string of the molecule is CN(CCCC(=O)O)C1CCN(Cc2ccccc2)CC1. The second kappa shape index (κ2) is 8.15. The first-order valence-corrected chi connectivity index (χ1v) is 7.83. The van der Waals surface area contributed by atoms with E-state index in [-0.39, 0.29) is 6.42 Å². The fourth-order valence-corrected chi connectivity index (χ4v) is 3.02. The number of rotatable bonds is 7. The van der Waals surface area contributed by atoms with Gasteiger partial charge in [0.2, 0.25) is 0 Å². The highest BCUT2D eigenvalue weighted by atomic mass is 16.4. The normalized spacial score (nSPS) is 17.2. The summed E-state index contributed by atoms with van der Waals surface area (Å²) in [6, 6.07) is 11.2. The van der Waals surface area contributed by atoms with Crippen molar-refractivity contribution in [2.24, 2.45) is 0 Å². The van der Waals surface area contributed by atoms with Gasteiger partial charge in [-0.1, -0.05) is 30.3 Å². The van der Waals surface area contributed by atoms with E-state index in [1.807, 2.05) is 0 Å². The zero-order valence-corrected chi connectivity index (χ0v) is 12.9. The summed E-state index contributed by atoms with van der Waals surface area (Å²) >= 11 is 0. The van der Waals surface area contributed by atoms with Crippen LogP contribution in [-0.4, -0.2) is 53.6 Å². The minimum Gasteiger partial charge on any atom is -0.481 e. The van der Waals surface area contributed by atoms with Crippen LogP contribution in [-0.2, 0) is 11.3 Å². The van der Waals surface area contributed by atoms with Crippen molar-refractivity contribution in [1.82, 2.24) is 9.80 Å². The van der Waals surface area contributed by atoms with Gasteiger partial charge < -0.3 is 10.0 Å². The molecule has 0 radical (unpaired) electrons. The molecular weight excluding hydrogens is 264 g/mol. The van der Waals surface area contributed by atoms with Gasteiger partial charge in [0.25, 0.3) is 0 Å². The summed E-state index contributed by atoms with van der Waals surface area (Å²) in [7, 11) is 2.12. The Morgan fingerprint density at radius 2 is 1.95 bits per heavy atom. The number of nitrogens with zero attached hydrogens (tertiary/aromatic N) is 2. The Morgan fingerprint density at radius 3 is 2.57 bits per heavy atom. The third kappa shape index (κ3) is 5.48. The number of piperidine rings is 1. The second-order valence-electron chi connectivity index (χ2n) is 5.97. The van der Waals surface area contributed by atoms with Gasteiger partial charge in [-0.3, -0.25) is 9.69 Å². The molecule has 0 saturated carbocycles. The predicted octanol–water partition coefficient (Wildman–Crippen LogP) is 2.45. The molecule has 1 heterocycles. The van der Waals surface area contributed by atoms with Gasteiger partial charge in [-0.25, -0.2) is 0 Å². The number of benzene rings is 1. The van der Waals surface area contributed by atoms with Crippen LogP contribution in [0.1, 0.15) is 31.2 Å². The van der Waals surface area contributed by atoms with E-state index in [0.717, 1.165) is 32.6 Å². The summed E-state index contributed by atoms with van der Waals surface area (Å²) < 4.78 is 0. The third-order valence-corrected chi connectivity index (χ3v) is 4.33. The van der Waals surface area contributed by atoms with Crippen LogP contribution in [0.2, 0.25) is 0 Å². The van der Waals surface area contributed by atoms with Gasteiger partial charge in [-0.05, 0) is 51.5 Å². The van der Waals surface area contributed by atoms with Crippen LogP contribution in [0.3, 0.4) is 0 Å². The van der Waals surface area contributed by atoms with E-state index in [1.54, 1.807) is 0 Å². The highest BCUT2D eigenvalue weighted by Gasteiger charge is 2.22. The molecule has 2 rings (SSSR count). The van der Waals surface area contributed by atoms with E-state index in [2.05, 4.69) is 47.2 Å². The molecule has 0 atom stereocenters. The van der Waals surface area contributed by atoms with E-state index < -0.39 is 5.97 Å². The van der Waals surface area contributed by atoms with Gasteiger partial charge in [-0.15, -0.1) is 0 Å². The third-order valence-electron chi connectivity index (χ3n) is 4.33. The highest BCUT2D eigenvalue weighted by Crippen LogP contribution is 2.17. The van der Waals surface area contributed by atoms with Crippen LogP contribution < -0.4 is 0 Å². The lowest BCUT2D eigenvalue weighted by Gasteiger charge is -2.36. The number of carboxylic acids is 1. The topological polar surface area (TPSA) is 43.8 Å². The van der Waals surface area contributed by atoms with Crippen LogP contribution >= 0.6 is 0 Å². The number of carboxylic acid groups (broad SMARTS) is 1. The summed E-state index contributed by atoms with van der Waals surface area (Å²) in [6.07, 6.45) is 3.38. The van der Waals surface area contributed by atoms with Crippen molar-refractivity contribution in [1.29, 1.82) is 0 Å². The lowest BCUT2D eigenvalue weighted by molar-refractivity contribution is -0.137. The van der Waals surface area contributed by atoms with E-state index >= 15 is 0 Å². The molecule has 1 fully saturated rings. The first-order chi connectivity index (χ1) is 10.1. The second-order valence-corrected chi connectivity index (χ2v) is 5.97. The average molecular weight is 290 g/mol. The fourth-order valence-electron chi connectivity index (χ4n) is 3.02. The summed E-state index contributed by atoms with van der Waals surface area (Å²) in [4.78, 5) is 15.4. The molecule has 1 aromatic rings. The van der Waals surface area contributed by atoms with Crippen molar-refractivity contribution in [3.8, 4) is 0 Å². The summed E-state index contributed by atoms with van der Waals surface area (Å²) in [5.41, 5.74) is 1.38. The van der Waals surface area contributed by atoms with Gasteiger partial charge in [0, 0.05) is 19.0 Å². The molecule has 1 aliphatic heterocycles. The van der Waals surface area contributed by atoms with Crippen molar-refractivity contribution in [2.75, 3.05) is 26.7 Å². The number of hydrogen-bond donors (Lipinski definition) is 1. The Bertz CT molecular complexity index is 428. The molecule has 1 N–H and O–H groups in total. The number of aliphatic carboxylic acids is 1. The lowest BCUT2D eigenvalue weighted by Crippen LogP contribution is -2.43. The average Bonchev–Trinajstić information content (AvgIpc) is 2.48. The molecule has 0 aliphatic carbocycles. The van der Waals surface area contributed by atoms with Gasteiger partial charge in [-0.2, -0.15) is 0 Å². The largest absolute Gasteiger partial charge is 0.481 e. The molecule has 0 spiro atoms. The summed E-state index contributed by atoms with van der Waals surface area (Å²) in [5.74, 6) is -0.693. The smallest absolute Gasteiger partial charge is 0.303 e. The quantitative estimate of drug-likeness (QED) is 0.838. The minimum absolute atomic E-state index is 0.275. The van der Waals surface area contributed by atoms with E-state index in [1.165, 1.54) is 18.4 Å². The molecule has 1 aliphatic rings. The van der Waals surface area contributed by atoms with Crippen LogP contribution in [0, 0.1) is 0 Å². The maximum absolute atomic E-state index is 10.5. The monoisotopic (exact) mass is 290 g/mol. The molecule has 21 heavy (non-hydrogen) atoms. The van der Waals surface area contributed by atoms with Crippen LogP contribution in [0.5, 0.6) is 0 Å². The zero-order chi connectivity index (χ0) is 15.1. The van der Waals surface area contributed by atoms with Gasteiger partial charge in [0.1, 0.15) is 0 Å². The molecule has 0 bridgehead atoms. The van der Waals surface area contributed by atoms with Crippen molar-refractivity contribution < 1.29 is 9.90 Å². The standard InChI is InChI=1S/C17H26N2O2/c1-18(11-5-8-17(20)21)16-9-12-19(13-10-16)14-15-6-3-2-4-7-15/h2-4,6-7,16H,5,8-14H2,1H3,(H,20,21). The highest BCUT2D eigenvalue weighted by molar-refractivity contribution is 5.66. The minimum atomic E-state index is -0.693. The fraction of sp³-hybridized carbons (Fsp3) is 0.588. The number of hydrogen-bond acceptors (Lipinski definition) is 3. The summed E-state index contributed by atoms with van der Waals surface area (Å²) in [5, 5.41) is 8.69. The molecule has 0 aromatic heterocycles. The number of carbonyl (C=O) groups is 1. The number of likely N-dealkylation sites (tertiary alicyclic amines) is 1. The van der Waals surface area contributed by atoms with Crippen LogP contribution in [0.15, 0.2) is 30.3 Å². The van der Waals surface area contributed by atoms with Crippen LogP contribution in [0.25, 0.3) is 0 Å². The zero-order valence-electron chi connectivity index (χ0n) is 12.9. The first-order valence-electron chi connectivity index (χ1n) is 7.83. The molecule has 0 unspecified atom stereocenters. The predicted molar refractivity (Wildman–Crippen MR) is 84.2 cm³/mol. The van der Waals surface area contributed by atoms with Crippen LogP contribution in [0.4, 0.5) is 0 Å². The maximum atomic E-state index is 10.5. The Morgan fingerprint density at radius 1 is 1.29 bits per heavy atom. The molecule has 4 nitrogen and oxygen atoms in total. The van der Waals surface area contributed by atoms with Crippen molar-refractivity contribution in [3.05, 3.63) is 35.9 Å². The summed E-state index contributed by atoms with van der Waals surface area (Å²) in [6.45, 7) is 4.18.